The Hall–Kier alpha value is -2.73. The third kappa shape index (κ3) is 2.76. The average Bonchev–Trinajstić information content (AvgIpc) is 3.17. The average molecular weight is 326 g/mol. The van der Waals surface area contributed by atoms with Gasteiger partial charge >= 0.3 is 0 Å². The minimum atomic E-state index is -0.647. The second-order valence-corrected chi connectivity index (χ2v) is 5.74. The van der Waals surface area contributed by atoms with E-state index < -0.39 is 6.10 Å². The second kappa shape index (κ2) is 6.05. The maximum Gasteiger partial charge on any atom is 0.231 e. The largest absolute Gasteiger partial charge is 0.491 e. The van der Waals surface area contributed by atoms with Crippen molar-refractivity contribution in [2.75, 3.05) is 13.4 Å². The van der Waals surface area contributed by atoms with E-state index in [1.54, 1.807) is 18.2 Å². The van der Waals surface area contributed by atoms with Crippen molar-refractivity contribution in [3.8, 4) is 17.2 Å². The number of hydrogen-bond donors (Lipinski definition) is 1. The molecule has 2 aromatic carbocycles. The highest BCUT2D eigenvalue weighted by Gasteiger charge is 2.15. The summed E-state index contributed by atoms with van der Waals surface area (Å²) in [6.45, 7) is 2.78. The number of hydrogen-bond acceptors (Lipinski definition) is 5. The molecular weight excluding hydrogens is 308 g/mol. The predicted molar refractivity (Wildman–Crippen MR) is 88.5 cm³/mol. The zero-order valence-electron chi connectivity index (χ0n) is 13.3. The van der Waals surface area contributed by atoms with Gasteiger partial charge in [0, 0.05) is 6.07 Å². The lowest BCUT2D eigenvalue weighted by molar-refractivity contribution is 0.0928. The molecule has 1 atom stereocenters. The van der Waals surface area contributed by atoms with Crippen LogP contribution in [0.15, 0.2) is 42.5 Å². The van der Waals surface area contributed by atoms with Gasteiger partial charge in [0.1, 0.15) is 24.3 Å². The Labute approximate surface area is 139 Å². The molecule has 1 aromatic heterocycles. The quantitative estimate of drug-likeness (QED) is 0.780. The standard InChI is InChI=1S/C18H18N2O4/c1-12-19-15-4-2-3-5-16(15)20(12)9-13(21)10-22-14-6-7-17-18(8-14)24-11-23-17/h2-8,13,21H,9-11H2,1H3. The third-order valence-electron chi connectivity index (χ3n) is 4.03. The highest BCUT2D eigenvalue weighted by Crippen LogP contribution is 2.35. The van der Waals surface area contributed by atoms with Gasteiger partial charge in [-0.25, -0.2) is 4.98 Å². The number of aryl methyl sites for hydroxylation is 1. The normalized spacial score (nSPS) is 14.1. The van der Waals surface area contributed by atoms with E-state index in [-0.39, 0.29) is 13.4 Å². The molecule has 0 saturated heterocycles. The van der Waals surface area contributed by atoms with Crippen molar-refractivity contribution in [1.82, 2.24) is 9.55 Å². The molecule has 24 heavy (non-hydrogen) atoms. The van der Waals surface area contributed by atoms with Crippen LogP contribution in [0.3, 0.4) is 0 Å². The van der Waals surface area contributed by atoms with Crippen molar-refractivity contribution < 1.29 is 19.3 Å². The summed E-state index contributed by atoms with van der Waals surface area (Å²) in [7, 11) is 0. The van der Waals surface area contributed by atoms with Crippen molar-refractivity contribution in [2.24, 2.45) is 0 Å². The lowest BCUT2D eigenvalue weighted by Crippen LogP contribution is -2.24. The summed E-state index contributed by atoms with van der Waals surface area (Å²) < 4.78 is 18.3. The van der Waals surface area contributed by atoms with Gasteiger partial charge in [-0.05, 0) is 31.2 Å². The molecule has 0 aliphatic carbocycles. The Morgan fingerprint density at radius 2 is 2.04 bits per heavy atom. The number of benzene rings is 2. The van der Waals surface area contributed by atoms with Gasteiger partial charge < -0.3 is 23.9 Å². The first-order chi connectivity index (χ1) is 11.7. The molecule has 0 fully saturated rings. The second-order valence-electron chi connectivity index (χ2n) is 5.74. The van der Waals surface area contributed by atoms with Gasteiger partial charge in [-0.15, -0.1) is 0 Å². The number of ether oxygens (including phenoxy) is 3. The Bertz CT molecular complexity index is 875. The highest BCUT2D eigenvalue weighted by molar-refractivity contribution is 5.75. The highest BCUT2D eigenvalue weighted by atomic mass is 16.7. The van der Waals surface area contributed by atoms with Gasteiger partial charge in [0.25, 0.3) is 0 Å². The van der Waals surface area contributed by atoms with Gasteiger partial charge in [-0.2, -0.15) is 0 Å². The molecule has 2 heterocycles. The molecule has 1 N–H and O–H groups in total. The molecule has 0 bridgehead atoms. The number of fused-ring (bicyclic) bond motifs is 2. The van der Waals surface area contributed by atoms with Gasteiger partial charge in [-0.1, -0.05) is 12.1 Å². The van der Waals surface area contributed by atoms with Crippen LogP contribution in [0.1, 0.15) is 5.82 Å². The fourth-order valence-corrected chi connectivity index (χ4v) is 2.85. The van der Waals surface area contributed by atoms with E-state index in [1.807, 2.05) is 35.8 Å². The molecule has 1 aliphatic heterocycles. The van der Waals surface area contributed by atoms with Crippen molar-refractivity contribution in [3.05, 3.63) is 48.3 Å². The van der Waals surface area contributed by atoms with Crippen LogP contribution in [0.4, 0.5) is 0 Å². The van der Waals surface area contributed by atoms with E-state index in [1.165, 1.54) is 0 Å². The van der Waals surface area contributed by atoms with E-state index in [2.05, 4.69) is 4.98 Å². The molecule has 0 amide bonds. The van der Waals surface area contributed by atoms with E-state index in [0.29, 0.717) is 23.8 Å². The van der Waals surface area contributed by atoms with Crippen LogP contribution < -0.4 is 14.2 Å². The summed E-state index contributed by atoms with van der Waals surface area (Å²) in [5, 5.41) is 10.3. The summed E-state index contributed by atoms with van der Waals surface area (Å²) >= 11 is 0. The first-order valence-corrected chi connectivity index (χ1v) is 7.83. The Kier molecular flexibility index (Phi) is 3.74. The molecule has 124 valence electrons. The van der Waals surface area contributed by atoms with Crippen LogP contribution in [-0.2, 0) is 6.54 Å². The number of rotatable bonds is 5. The van der Waals surface area contributed by atoms with E-state index in [9.17, 15) is 5.11 Å². The number of imidazole rings is 1. The molecule has 3 aromatic rings. The van der Waals surface area contributed by atoms with E-state index in [4.69, 9.17) is 14.2 Å². The zero-order chi connectivity index (χ0) is 16.5. The van der Waals surface area contributed by atoms with Crippen LogP contribution >= 0.6 is 0 Å². The lowest BCUT2D eigenvalue weighted by atomic mass is 10.3. The Morgan fingerprint density at radius 3 is 2.96 bits per heavy atom. The van der Waals surface area contributed by atoms with Crippen LogP contribution in [-0.4, -0.2) is 34.2 Å². The third-order valence-corrected chi connectivity index (χ3v) is 4.03. The van der Waals surface area contributed by atoms with E-state index in [0.717, 1.165) is 16.9 Å². The topological polar surface area (TPSA) is 65.7 Å². The Balaban J connectivity index is 1.43. The van der Waals surface area contributed by atoms with Gasteiger partial charge in [-0.3, -0.25) is 0 Å². The predicted octanol–water partition coefficient (Wildman–Crippen LogP) is 2.51. The molecular formula is C18H18N2O4. The molecule has 6 heteroatoms. The molecule has 0 radical (unpaired) electrons. The van der Waals surface area contributed by atoms with Crippen LogP contribution in [0.2, 0.25) is 0 Å². The molecule has 4 rings (SSSR count). The number of aliphatic hydroxyl groups excluding tert-OH is 1. The fraction of sp³-hybridized carbons (Fsp3) is 0.278. The lowest BCUT2D eigenvalue weighted by Gasteiger charge is -2.15. The first kappa shape index (κ1) is 14.8. The zero-order valence-corrected chi connectivity index (χ0v) is 13.3. The number of nitrogens with zero attached hydrogens (tertiary/aromatic N) is 2. The summed E-state index contributed by atoms with van der Waals surface area (Å²) in [5.41, 5.74) is 1.94. The summed E-state index contributed by atoms with van der Waals surface area (Å²) in [4.78, 5) is 4.50. The Morgan fingerprint density at radius 1 is 1.21 bits per heavy atom. The molecule has 0 saturated carbocycles. The van der Waals surface area contributed by atoms with Crippen LogP contribution in [0.5, 0.6) is 17.2 Å². The molecule has 6 nitrogen and oxygen atoms in total. The first-order valence-electron chi connectivity index (χ1n) is 7.83. The summed E-state index contributed by atoms with van der Waals surface area (Å²) in [6.07, 6.45) is -0.647. The van der Waals surface area contributed by atoms with Gasteiger partial charge in [0.05, 0.1) is 17.6 Å². The van der Waals surface area contributed by atoms with Gasteiger partial charge in [0.2, 0.25) is 6.79 Å². The van der Waals surface area contributed by atoms with Crippen molar-refractivity contribution in [1.29, 1.82) is 0 Å². The molecule has 1 aliphatic rings. The van der Waals surface area contributed by atoms with Crippen molar-refractivity contribution in [2.45, 2.75) is 19.6 Å². The maximum atomic E-state index is 10.3. The van der Waals surface area contributed by atoms with E-state index >= 15 is 0 Å². The summed E-state index contributed by atoms with van der Waals surface area (Å²) in [6, 6.07) is 13.3. The maximum absolute atomic E-state index is 10.3. The van der Waals surface area contributed by atoms with Gasteiger partial charge in [0.15, 0.2) is 11.5 Å². The number of para-hydroxylation sites is 2. The summed E-state index contributed by atoms with van der Waals surface area (Å²) in [5.74, 6) is 2.89. The minimum Gasteiger partial charge on any atom is -0.491 e. The number of aromatic nitrogens is 2. The van der Waals surface area contributed by atoms with Crippen LogP contribution in [0.25, 0.3) is 11.0 Å². The van der Waals surface area contributed by atoms with Crippen molar-refractivity contribution in [3.63, 3.8) is 0 Å². The van der Waals surface area contributed by atoms with Crippen molar-refractivity contribution >= 4 is 11.0 Å². The SMILES string of the molecule is Cc1nc2ccccc2n1CC(O)COc1ccc2c(c1)OCO2. The molecule has 0 spiro atoms. The number of aliphatic hydroxyl groups is 1. The molecule has 1 unspecified atom stereocenters. The fourth-order valence-electron chi connectivity index (χ4n) is 2.85. The minimum absolute atomic E-state index is 0.186. The smallest absolute Gasteiger partial charge is 0.231 e. The monoisotopic (exact) mass is 326 g/mol. The van der Waals surface area contributed by atoms with Crippen LogP contribution in [0, 0.1) is 6.92 Å².